The maximum absolute atomic E-state index is 12.1. The molecule has 2 atom stereocenters. The standard InChI is InChI=1S/C14H30BNO3/c1-8-14(18,12(17)19-13(5,6)7)9-11(4)16(15)10(2)3/h10-11,18H,8-9,15H2,1-7H3. The molecule has 0 spiro atoms. The highest BCUT2D eigenvalue weighted by atomic mass is 16.6. The van der Waals surface area contributed by atoms with Crippen LogP contribution >= 0.6 is 0 Å². The highest BCUT2D eigenvalue weighted by Crippen LogP contribution is 2.24. The van der Waals surface area contributed by atoms with Crippen LogP contribution in [-0.4, -0.2) is 47.2 Å². The van der Waals surface area contributed by atoms with Gasteiger partial charge in [-0.05, 0) is 39.3 Å². The molecule has 112 valence electrons. The van der Waals surface area contributed by atoms with Crippen LogP contribution < -0.4 is 0 Å². The zero-order chi connectivity index (χ0) is 15.4. The minimum atomic E-state index is -1.41. The van der Waals surface area contributed by atoms with Crippen molar-refractivity contribution in [2.75, 3.05) is 0 Å². The minimum absolute atomic E-state index is 0.109. The second-order valence-electron chi connectivity index (χ2n) is 6.70. The molecule has 0 saturated carbocycles. The molecule has 0 heterocycles. The van der Waals surface area contributed by atoms with Crippen LogP contribution in [0.2, 0.25) is 0 Å². The van der Waals surface area contributed by atoms with Crippen LogP contribution in [-0.2, 0) is 9.53 Å². The van der Waals surface area contributed by atoms with Gasteiger partial charge in [0.05, 0.1) is 0 Å². The molecule has 0 radical (unpaired) electrons. The number of carbonyl (C=O) groups excluding carboxylic acids is 1. The van der Waals surface area contributed by atoms with Crippen molar-refractivity contribution in [3.05, 3.63) is 0 Å². The van der Waals surface area contributed by atoms with Crippen LogP contribution in [0.3, 0.4) is 0 Å². The first-order valence-electron chi connectivity index (χ1n) is 7.10. The van der Waals surface area contributed by atoms with Crippen molar-refractivity contribution in [1.82, 2.24) is 4.81 Å². The zero-order valence-electron chi connectivity index (χ0n) is 13.8. The Labute approximate surface area is 118 Å². The van der Waals surface area contributed by atoms with Gasteiger partial charge in [0.25, 0.3) is 0 Å². The average Bonchev–Trinajstić information content (AvgIpc) is 2.25. The number of hydrogen-bond acceptors (Lipinski definition) is 4. The molecule has 0 fully saturated rings. The van der Waals surface area contributed by atoms with E-state index in [1.165, 1.54) is 0 Å². The highest BCUT2D eigenvalue weighted by molar-refractivity contribution is 6.04. The lowest BCUT2D eigenvalue weighted by atomic mass is 9.90. The van der Waals surface area contributed by atoms with E-state index in [0.717, 1.165) is 0 Å². The molecule has 0 amide bonds. The van der Waals surface area contributed by atoms with Crippen molar-refractivity contribution in [3.63, 3.8) is 0 Å². The van der Waals surface area contributed by atoms with Gasteiger partial charge >= 0.3 is 5.97 Å². The van der Waals surface area contributed by atoms with Gasteiger partial charge in [0.15, 0.2) is 13.6 Å². The minimum Gasteiger partial charge on any atom is -0.458 e. The van der Waals surface area contributed by atoms with Crippen molar-refractivity contribution in [2.45, 2.75) is 84.6 Å². The number of carbonyl (C=O) groups is 1. The van der Waals surface area contributed by atoms with E-state index in [1.54, 1.807) is 0 Å². The highest BCUT2D eigenvalue weighted by Gasteiger charge is 2.39. The summed E-state index contributed by atoms with van der Waals surface area (Å²) < 4.78 is 5.33. The van der Waals surface area contributed by atoms with E-state index in [1.807, 2.05) is 42.6 Å². The molecule has 2 unspecified atom stereocenters. The molecule has 0 aliphatic heterocycles. The van der Waals surface area contributed by atoms with Gasteiger partial charge in [0, 0.05) is 6.42 Å². The molecule has 19 heavy (non-hydrogen) atoms. The first-order valence-corrected chi connectivity index (χ1v) is 7.10. The number of rotatable bonds is 6. The number of aliphatic hydroxyl groups is 1. The Hall–Kier alpha value is -0.545. The van der Waals surface area contributed by atoms with E-state index in [0.29, 0.717) is 18.9 Å². The SMILES string of the molecule is BN(C(C)C)C(C)CC(O)(CC)C(=O)OC(C)(C)C. The van der Waals surface area contributed by atoms with Crippen LogP contribution in [0.25, 0.3) is 0 Å². The predicted molar refractivity (Wildman–Crippen MR) is 80.7 cm³/mol. The summed E-state index contributed by atoms with van der Waals surface area (Å²) >= 11 is 0. The second-order valence-corrected chi connectivity index (χ2v) is 6.70. The smallest absolute Gasteiger partial charge is 0.338 e. The Balaban J connectivity index is 4.83. The van der Waals surface area contributed by atoms with Crippen LogP contribution in [0.5, 0.6) is 0 Å². The lowest BCUT2D eigenvalue weighted by Gasteiger charge is -2.36. The number of hydrogen-bond donors (Lipinski definition) is 1. The van der Waals surface area contributed by atoms with E-state index in [-0.39, 0.29) is 6.04 Å². The molecular weight excluding hydrogens is 241 g/mol. The van der Waals surface area contributed by atoms with Gasteiger partial charge in [-0.25, -0.2) is 4.79 Å². The third-order valence-electron chi connectivity index (χ3n) is 3.51. The van der Waals surface area contributed by atoms with Gasteiger partial charge in [-0.3, -0.25) is 0 Å². The predicted octanol–water partition coefficient (Wildman–Crippen LogP) is 1.51. The maximum atomic E-state index is 12.1. The van der Waals surface area contributed by atoms with Crippen LogP contribution in [0.15, 0.2) is 0 Å². The van der Waals surface area contributed by atoms with Gasteiger partial charge in [-0.2, -0.15) is 0 Å². The first kappa shape index (κ1) is 18.5. The summed E-state index contributed by atoms with van der Waals surface area (Å²) in [6.07, 6.45) is 0.741. The molecule has 0 aliphatic rings. The van der Waals surface area contributed by atoms with Crippen LogP contribution in [0.4, 0.5) is 0 Å². The largest absolute Gasteiger partial charge is 0.458 e. The number of esters is 1. The molecule has 4 nitrogen and oxygen atoms in total. The fraction of sp³-hybridized carbons (Fsp3) is 0.929. The first-order chi connectivity index (χ1) is 8.43. The molecular formula is C14H30BNO3. The van der Waals surface area contributed by atoms with E-state index in [9.17, 15) is 9.90 Å². The van der Waals surface area contributed by atoms with Gasteiger partial charge in [0.2, 0.25) is 0 Å². The third-order valence-corrected chi connectivity index (χ3v) is 3.51. The molecule has 0 rings (SSSR count). The van der Waals surface area contributed by atoms with Gasteiger partial charge in [-0.15, -0.1) is 0 Å². The van der Waals surface area contributed by atoms with Gasteiger partial charge in [0.1, 0.15) is 5.60 Å². The fourth-order valence-corrected chi connectivity index (χ4v) is 1.89. The Kier molecular flexibility index (Phi) is 6.56. The van der Waals surface area contributed by atoms with Crippen molar-refractivity contribution in [1.29, 1.82) is 0 Å². The topological polar surface area (TPSA) is 49.8 Å². The van der Waals surface area contributed by atoms with Crippen molar-refractivity contribution < 1.29 is 14.6 Å². The van der Waals surface area contributed by atoms with E-state index in [2.05, 4.69) is 18.7 Å². The van der Waals surface area contributed by atoms with Crippen LogP contribution in [0.1, 0.15) is 61.3 Å². The Morgan fingerprint density at radius 2 is 1.79 bits per heavy atom. The van der Waals surface area contributed by atoms with E-state index in [4.69, 9.17) is 4.74 Å². The molecule has 5 heteroatoms. The maximum Gasteiger partial charge on any atom is 0.338 e. The van der Waals surface area contributed by atoms with Gasteiger partial charge < -0.3 is 14.7 Å². The lowest BCUT2D eigenvalue weighted by molar-refractivity contribution is -0.179. The van der Waals surface area contributed by atoms with Crippen LogP contribution in [0, 0.1) is 0 Å². The van der Waals surface area contributed by atoms with E-state index >= 15 is 0 Å². The molecule has 0 aromatic carbocycles. The molecule has 0 aromatic heterocycles. The fourth-order valence-electron chi connectivity index (χ4n) is 1.89. The summed E-state index contributed by atoms with van der Waals surface area (Å²) in [5.41, 5.74) is -1.98. The summed E-state index contributed by atoms with van der Waals surface area (Å²) in [6, 6.07) is 0.479. The van der Waals surface area contributed by atoms with E-state index < -0.39 is 17.2 Å². The summed E-state index contributed by atoms with van der Waals surface area (Å²) in [7, 11) is 2.00. The zero-order valence-corrected chi connectivity index (χ0v) is 13.8. The molecule has 0 aromatic rings. The summed E-state index contributed by atoms with van der Waals surface area (Å²) in [5, 5.41) is 10.6. The Morgan fingerprint density at radius 3 is 2.11 bits per heavy atom. The lowest BCUT2D eigenvalue weighted by Crippen LogP contribution is -2.49. The molecule has 0 saturated heterocycles. The molecule has 0 aliphatic carbocycles. The second kappa shape index (κ2) is 6.75. The number of ether oxygens (including phenoxy) is 1. The Bertz CT molecular complexity index is 302. The van der Waals surface area contributed by atoms with Crippen molar-refractivity contribution in [2.24, 2.45) is 0 Å². The monoisotopic (exact) mass is 271 g/mol. The van der Waals surface area contributed by atoms with Gasteiger partial charge in [-0.1, -0.05) is 27.7 Å². The summed E-state index contributed by atoms with van der Waals surface area (Å²) in [4.78, 5) is 14.3. The molecule has 1 N–H and O–H groups in total. The molecule has 0 bridgehead atoms. The summed E-state index contributed by atoms with van der Waals surface area (Å²) in [6.45, 7) is 13.4. The Morgan fingerprint density at radius 1 is 1.32 bits per heavy atom. The third kappa shape index (κ3) is 5.96. The van der Waals surface area contributed by atoms with Crippen molar-refractivity contribution in [3.8, 4) is 0 Å². The quantitative estimate of drug-likeness (QED) is 0.587. The normalized spacial score (nSPS) is 17.4. The number of nitrogens with zero attached hydrogens (tertiary/aromatic N) is 1. The summed E-state index contributed by atoms with van der Waals surface area (Å²) in [5.74, 6) is -0.522. The van der Waals surface area contributed by atoms with Crippen molar-refractivity contribution >= 4 is 14.0 Å². The average molecular weight is 271 g/mol.